The van der Waals surface area contributed by atoms with Gasteiger partial charge in [0.05, 0.1) is 36.7 Å². The average molecular weight is 358 g/mol. The molecule has 26 heavy (non-hydrogen) atoms. The number of rotatable bonds is 3. The zero-order valence-electron chi connectivity index (χ0n) is 13.8. The molecule has 0 radical (unpaired) electrons. The van der Waals surface area contributed by atoms with E-state index in [0.29, 0.717) is 5.69 Å². The molecule has 0 saturated carbocycles. The lowest BCUT2D eigenvalue weighted by molar-refractivity contribution is 0.0879. The Bertz CT molecular complexity index is 1010. The van der Waals surface area contributed by atoms with Crippen molar-refractivity contribution in [1.29, 1.82) is 0 Å². The van der Waals surface area contributed by atoms with Crippen LogP contribution in [0.4, 0.5) is 16.3 Å². The van der Waals surface area contributed by atoms with Gasteiger partial charge >= 0.3 is 6.09 Å². The van der Waals surface area contributed by atoms with E-state index in [1.54, 1.807) is 0 Å². The number of nitrogens with zero attached hydrogens (tertiary/aromatic N) is 1. The lowest BCUT2D eigenvalue weighted by Crippen LogP contribution is -2.24. The lowest BCUT2D eigenvalue weighted by atomic mass is 10.1. The smallest absolute Gasteiger partial charge is 0.411 e. The minimum absolute atomic E-state index is 0.0645. The summed E-state index contributed by atoms with van der Waals surface area (Å²) >= 11 is 0. The van der Waals surface area contributed by atoms with Gasteiger partial charge in [-0.1, -0.05) is 0 Å². The van der Waals surface area contributed by atoms with Crippen LogP contribution in [0.25, 0.3) is 5.69 Å². The fourth-order valence-electron chi connectivity index (χ4n) is 2.63. The zero-order valence-corrected chi connectivity index (χ0v) is 13.8. The number of imide groups is 1. The molecule has 1 aromatic carbocycles. The molecule has 0 saturated heterocycles. The Morgan fingerprint density at radius 1 is 1.15 bits per heavy atom. The first kappa shape index (κ1) is 17.0. The first-order chi connectivity index (χ1) is 12.4. The van der Waals surface area contributed by atoms with Crippen LogP contribution in [0, 0.1) is 0 Å². The predicted molar refractivity (Wildman–Crippen MR) is 90.8 cm³/mol. The molecule has 2 heterocycles. The van der Waals surface area contributed by atoms with Crippen molar-refractivity contribution in [2.45, 2.75) is 0 Å². The number of ether oxygens (including phenoxy) is 2. The number of nitrogens with one attached hydrogen (secondary N) is 2. The molecular weight excluding hydrogens is 344 g/mol. The van der Waals surface area contributed by atoms with Crippen LogP contribution in [0.1, 0.15) is 20.7 Å². The predicted octanol–water partition coefficient (Wildman–Crippen LogP) is 0.490. The van der Waals surface area contributed by atoms with Crippen LogP contribution in [-0.4, -0.2) is 36.7 Å². The van der Waals surface area contributed by atoms with Crippen molar-refractivity contribution in [1.82, 2.24) is 9.88 Å². The highest BCUT2D eigenvalue weighted by Crippen LogP contribution is 2.29. The molecule has 0 fully saturated rings. The normalized spacial score (nSPS) is 12.4. The Labute approximate surface area is 146 Å². The van der Waals surface area contributed by atoms with Gasteiger partial charge in [0, 0.05) is 12.1 Å². The molecule has 0 aliphatic carbocycles. The monoisotopic (exact) mass is 358 g/mol. The topological polar surface area (TPSA) is 142 Å². The van der Waals surface area contributed by atoms with Gasteiger partial charge in [-0.3, -0.25) is 29.6 Å². The average Bonchev–Trinajstić information content (AvgIpc) is 2.89. The number of hydrogen-bond donors (Lipinski definition) is 3. The van der Waals surface area contributed by atoms with E-state index in [1.807, 2.05) is 0 Å². The zero-order chi connectivity index (χ0) is 19.0. The first-order valence-corrected chi connectivity index (χ1v) is 7.32. The number of benzene rings is 1. The first-order valence-electron chi connectivity index (χ1n) is 7.32. The van der Waals surface area contributed by atoms with Gasteiger partial charge in [0.15, 0.2) is 0 Å². The Balaban J connectivity index is 2.15. The van der Waals surface area contributed by atoms with E-state index in [2.05, 4.69) is 15.4 Å². The molecule has 1 aliphatic rings. The van der Waals surface area contributed by atoms with Gasteiger partial charge in [-0.25, -0.2) is 4.79 Å². The third-order valence-electron chi connectivity index (χ3n) is 3.82. The van der Waals surface area contributed by atoms with Gasteiger partial charge in [-0.2, -0.15) is 0 Å². The highest BCUT2D eigenvalue weighted by Gasteiger charge is 2.31. The highest BCUT2D eigenvalue weighted by molar-refractivity contribution is 6.23. The van der Waals surface area contributed by atoms with Gasteiger partial charge in [0.25, 0.3) is 17.4 Å². The largest absolute Gasteiger partial charge is 0.494 e. The minimum atomic E-state index is -0.694. The third kappa shape index (κ3) is 2.62. The van der Waals surface area contributed by atoms with Crippen LogP contribution in [-0.2, 0) is 4.74 Å². The number of methoxy groups -OCH3 is 2. The maximum absolute atomic E-state index is 12.4. The molecular formula is C16H14N4O6. The Morgan fingerprint density at radius 2 is 1.88 bits per heavy atom. The Kier molecular flexibility index (Phi) is 4.08. The van der Waals surface area contributed by atoms with Crippen molar-refractivity contribution in [3.05, 3.63) is 45.7 Å². The molecule has 1 aromatic heterocycles. The quantitative estimate of drug-likeness (QED) is 0.678. The fraction of sp³-hybridized carbons (Fsp3) is 0.125. The summed E-state index contributed by atoms with van der Waals surface area (Å²) < 4.78 is 10.8. The molecule has 0 unspecified atom stereocenters. The van der Waals surface area contributed by atoms with Crippen LogP contribution in [0.15, 0.2) is 29.1 Å². The van der Waals surface area contributed by atoms with E-state index in [9.17, 15) is 19.2 Å². The number of pyridine rings is 1. The molecule has 4 N–H and O–H groups in total. The molecule has 2 aromatic rings. The standard InChI is InChI=1S/C16H14N4O6/c1-25-10-5-7(3-4-9(10)18-16(24)26-2)20-11(21)6-8-12(13(20)17)15(23)19-14(8)22/h3-6H,17H2,1-2H3,(H,18,24)(H,19,22,23). The lowest BCUT2D eigenvalue weighted by Gasteiger charge is -2.15. The Hall–Kier alpha value is -3.82. The van der Waals surface area contributed by atoms with E-state index in [4.69, 9.17) is 10.5 Å². The summed E-state index contributed by atoms with van der Waals surface area (Å²) in [7, 11) is 2.59. The second kappa shape index (κ2) is 6.24. The molecule has 0 spiro atoms. The van der Waals surface area contributed by atoms with Crippen molar-refractivity contribution in [2.75, 3.05) is 25.3 Å². The molecule has 1 aliphatic heterocycles. The summed E-state index contributed by atoms with van der Waals surface area (Å²) in [5.74, 6) is -1.28. The Morgan fingerprint density at radius 3 is 2.54 bits per heavy atom. The van der Waals surface area contributed by atoms with Crippen molar-refractivity contribution in [2.24, 2.45) is 0 Å². The van der Waals surface area contributed by atoms with Crippen molar-refractivity contribution in [3.8, 4) is 11.4 Å². The maximum atomic E-state index is 12.4. The van der Waals surface area contributed by atoms with E-state index in [1.165, 1.54) is 32.4 Å². The van der Waals surface area contributed by atoms with Crippen LogP contribution in [0.2, 0.25) is 0 Å². The summed E-state index contributed by atoms with van der Waals surface area (Å²) in [6.07, 6.45) is -0.694. The number of hydrogen-bond acceptors (Lipinski definition) is 7. The van der Waals surface area contributed by atoms with E-state index < -0.39 is 23.5 Å². The molecule has 0 bridgehead atoms. The van der Waals surface area contributed by atoms with Crippen LogP contribution < -0.4 is 26.7 Å². The number of carbonyl (C=O) groups excluding carboxylic acids is 3. The minimum Gasteiger partial charge on any atom is -0.494 e. The number of nitrogens with two attached hydrogens (primary N) is 1. The third-order valence-corrected chi connectivity index (χ3v) is 3.82. The number of fused-ring (bicyclic) bond motifs is 1. The summed E-state index contributed by atoms with van der Waals surface area (Å²) in [5.41, 5.74) is 5.84. The molecule has 0 atom stereocenters. The number of nitrogen functional groups attached to an aromatic ring is 1. The molecule has 134 valence electrons. The summed E-state index contributed by atoms with van der Waals surface area (Å²) in [4.78, 5) is 47.4. The van der Waals surface area contributed by atoms with Crippen molar-refractivity contribution in [3.63, 3.8) is 0 Å². The van der Waals surface area contributed by atoms with Crippen LogP contribution >= 0.6 is 0 Å². The maximum Gasteiger partial charge on any atom is 0.411 e. The highest BCUT2D eigenvalue weighted by atomic mass is 16.5. The summed E-state index contributed by atoms with van der Waals surface area (Å²) in [6.45, 7) is 0. The SMILES string of the molecule is COC(=O)Nc1ccc(-n2c(N)c3c(cc2=O)C(=O)NC3=O)cc1OC. The van der Waals surface area contributed by atoms with Gasteiger partial charge in [-0.15, -0.1) is 0 Å². The second-order valence-electron chi connectivity index (χ2n) is 5.28. The van der Waals surface area contributed by atoms with E-state index >= 15 is 0 Å². The van der Waals surface area contributed by atoms with Crippen LogP contribution in [0.5, 0.6) is 5.75 Å². The molecule has 10 heteroatoms. The number of anilines is 2. The summed E-state index contributed by atoms with van der Waals surface area (Å²) in [6, 6.07) is 5.46. The van der Waals surface area contributed by atoms with Crippen molar-refractivity contribution < 1.29 is 23.9 Å². The molecule has 3 rings (SSSR count). The molecule has 3 amide bonds. The second-order valence-corrected chi connectivity index (χ2v) is 5.28. The van der Waals surface area contributed by atoms with Gasteiger partial charge in [0.1, 0.15) is 11.6 Å². The molecule has 10 nitrogen and oxygen atoms in total. The number of amides is 3. The van der Waals surface area contributed by atoms with Gasteiger partial charge < -0.3 is 15.2 Å². The van der Waals surface area contributed by atoms with Crippen molar-refractivity contribution >= 4 is 29.4 Å². The fourth-order valence-corrected chi connectivity index (χ4v) is 2.63. The van der Waals surface area contributed by atoms with E-state index in [-0.39, 0.29) is 28.4 Å². The van der Waals surface area contributed by atoms with Gasteiger partial charge in [0.2, 0.25) is 0 Å². The number of carbonyl (C=O) groups is 3. The van der Waals surface area contributed by atoms with Crippen LogP contribution in [0.3, 0.4) is 0 Å². The summed E-state index contributed by atoms with van der Waals surface area (Å²) in [5, 5.41) is 4.55. The number of aromatic nitrogens is 1. The van der Waals surface area contributed by atoms with E-state index in [0.717, 1.165) is 10.6 Å². The van der Waals surface area contributed by atoms with Gasteiger partial charge in [-0.05, 0) is 12.1 Å².